The van der Waals surface area contributed by atoms with Crippen LogP contribution in [0.1, 0.15) is 26.0 Å². The molecule has 2 N–H and O–H groups in total. The Balaban J connectivity index is 2.23. The zero-order valence-corrected chi connectivity index (χ0v) is 15.9. The summed E-state index contributed by atoms with van der Waals surface area (Å²) in [6, 6.07) is 0.997. The van der Waals surface area contributed by atoms with Crippen LogP contribution in [0.3, 0.4) is 0 Å². The number of thiocarbonyl (C=S) groups is 1. The van der Waals surface area contributed by atoms with Gasteiger partial charge in [-0.15, -0.1) is 0 Å². The first-order valence-corrected chi connectivity index (χ1v) is 8.85. The van der Waals surface area contributed by atoms with Crippen molar-refractivity contribution in [3.8, 4) is 0 Å². The first kappa shape index (κ1) is 20.6. The number of methoxy groups -OCH3 is 1. The second-order valence-corrected chi connectivity index (χ2v) is 7.07. The number of halogens is 3. The van der Waals surface area contributed by atoms with Gasteiger partial charge in [0.05, 0.1) is 6.61 Å². The molecule has 1 fully saturated rings. The van der Waals surface area contributed by atoms with Crippen molar-refractivity contribution in [2.75, 3.05) is 43.6 Å². The maximum Gasteiger partial charge on any atom is 0.433 e. The van der Waals surface area contributed by atoms with E-state index < -0.39 is 11.9 Å². The van der Waals surface area contributed by atoms with Crippen LogP contribution in [0.25, 0.3) is 0 Å². The van der Waals surface area contributed by atoms with Crippen molar-refractivity contribution in [2.24, 2.45) is 11.8 Å². The molecule has 0 aromatic carbocycles. The highest BCUT2D eigenvalue weighted by Gasteiger charge is 2.35. The van der Waals surface area contributed by atoms with Crippen LogP contribution in [0.5, 0.6) is 0 Å². The SMILES string of the molecule is COCCNC(=S)Nc1nc(N2C[C@H](C)C[C@@H](C)C2)cc(C(F)(F)F)n1. The molecule has 0 unspecified atom stereocenters. The fraction of sp³-hybridized carbons (Fsp3) is 0.688. The number of anilines is 2. The zero-order valence-electron chi connectivity index (χ0n) is 15.1. The molecule has 1 aliphatic rings. The summed E-state index contributed by atoms with van der Waals surface area (Å²) in [7, 11) is 1.54. The van der Waals surface area contributed by atoms with E-state index in [1.54, 1.807) is 7.11 Å². The second-order valence-electron chi connectivity index (χ2n) is 6.66. The van der Waals surface area contributed by atoms with E-state index >= 15 is 0 Å². The second kappa shape index (κ2) is 8.81. The summed E-state index contributed by atoms with van der Waals surface area (Å²) in [5, 5.41) is 5.60. The Morgan fingerprint density at radius 2 is 1.96 bits per heavy atom. The number of nitrogens with zero attached hydrogens (tertiary/aromatic N) is 3. The van der Waals surface area contributed by atoms with Gasteiger partial charge in [-0.3, -0.25) is 0 Å². The minimum Gasteiger partial charge on any atom is -0.383 e. The first-order chi connectivity index (χ1) is 12.2. The van der Waals surface area contributed by atoms with E-state index in [-0.39, 0.29) is 16.9 Å². The summed E-state index contributed by atoms with van der Waals surface area (Å²) in [5.74, 6) is 0.857. The van der Waals surface area contributed by atoms with Gasteiger partial charge in [-0.25, -0.2) is 4.98 Å². The Hall–Kier alpha value is -1.68. The van der Waals surface area contributed by atoms with Gasteiger partial charge in [0.1, 0.15) is 5.82 Å². The van der Waals surface area contributed by atoms with Gasteiger partial charge in [0.2, 0.25) is 5.95 Å². The van der Waals surface area contributed by atoms with E-state index in [9.17, 15) is 13.2 Å². The van der Waals surface area contributed by atoms with Crippen LogP contribution < -0.4 is 15.5 Å². The molecule has 146 valence electrons. The van der Waals surface area contributed by atoms with Crippen LogP contribution in [0.2, 0.25) is 0 Å². The summed E-state index contributed by atoms with van der Waals surface area (Å²) in [5.41, 5.74) is -0.990. The molecule has 6 nitrogen and oxygen atoms in total. The summed E-state index contributed by atoms with van der Waals surface area (Å²) >= 11 is 5.07. The number of rotatable bonds is 5. The molecular formula is C16H24F3N5OS. The Labute approximate surface area is 156 Å². The minimum absolute atomic E-state index is 0.146. The molecule has 1 aromatic rings. The highest BCUT2D eigenvalue weighted by molar-refractivity contribution is 7.80. The number of ether oxygens (including phenoxy) is 1. The third-order valence-electron chi connectivity index (χ3n) is 4.01. The van der Waals surface area contributed by atoms with Gasteiger partial charge < -0.3 is 20.3 Å². The molecule has 2 heterocycles. The third-order valence-corrected chi connectivity index (χ3v) is 4.26. The number of aromatic nitrogens is 2. The van der Waals surface area contributed by atoms with Crippen LogP contribution in [0.15, 0.2) is 6.07 Å². The van der Waals surface area contributed by atoms with Gasteiger partial charge in [-0.05, 0) is 30.5 Å². The lowest BCUT2D eigenvalue weighted by atomic mass is 9.92. The number of nitrogens with one attached hydrogen (secondary N) is 2. The van der Waals surface area contributed by atoms with Crippen LogP contribution >= 0.6 is 12.2 Å². The molecule has 0 spiro atoms. The lowest BCUT2D eigenvalue weighted by Crippen LogP contribution is -2.39. The van der Waals surface area contributed by atoms with E-state index in [2.05, 4.69) is 34.4 Å². The molecule has 0 aliphatic carbocycles. The van der Waals surface area contributed by atoms with Crippen molar-refractivity contribution in [1.29, 1.82) is 0 Å². The smallest absolute Gasteiger partial charge is 0.383 e. The minimum atomic E-state index is -4.56. The van der Waals surface area contributed by atoms with Crippen LogP contribution in [0.4, 0.5) is 24.9 Å². The number of hydrogen-bond donors (Lipinski definition) is 2. The molecule has 1 saturated heterocycles. The Morgan fingerprint density at radius 1 is 1.31 bits per heavy atom. The fourth-order valence-corrected chi connectivity index (χ4v) is 3.25. The van der Waals surface area contributed by atoms with Crippen molar-refractivity contribution < 1.29 is 17.9 Å². The summed E-state index contributed by atoms with van der Waals surface area (Å²) in [6.07, 6.45) is -3.52. The molecule has 26 heavy (non-hydrogen) atoms. The van der Waals surface area contributed by atoms with Crippen molar-refractivity contribution in [3.63, 3.8) is 0 Å². The van der Waals surface area contributed by atoms with Crippen molar-refractivity contribution in [1.82, 2.24) is 15.3 Å². The lowest BCUT2D eigenvalue weighted by molar-refractivity contribution is -0.141. The monoisotopic (exact) mass is 391 g/mol. The predicted octanol–water partition coefficient (Wildman–Crippen LogP) is 2.91. The molecule has 0 radical (unpaired) electrons. The molecule has 10 heteroatoms. The number of alkyl halides is 3. The van der Waals surface area contributed by atoms with E-state index in [4.69, 9.17) is 17.0 Å². The molecule has 1 aromatic heterocycles. The van der Waals surface area contributed by atoms with Crippen LogP contribution in [0, 0.1) is 11.8 Å². The molecule has 2 atom stereocenters. The maximum absolute atomic E-state index is 13.3. The maximum atomic E-state index is 13.3. The van der Waals surface area contributed by atoms with Crippen molar-refractivity contribution >= 4 is 29.1 Å². The van der Waals surface area contributed by atoms with Gasteiger partial charge in [-0.1, -0.05) is 13.8 Å². The number of hydrogen-bond acceptors (Lipinski definition) is 5. The lowest BCUT2D eigenvalue weighted by Gasteiger charge is -2.36. The standard InChI is InChI=1S/C16H24F3N5OS/c1-10-6-11(2)9-24(8-10)13-7-12(16(17,18)19)21-14(22-13)23-15(26)20-4-5-25-3/h7,10-11H,4-6,8-9H2,1-3H3,(H2,20,21,22,23,26)/t10-,11-/m1/s1. The van der Waals surface area contributed by atoms with E-state index in [1.165, 1.54) is 0 Å². The van der Waals surface area contributed by atoms with Gasteiger partial charge in [0.15, 0.2) is 10.8 Å². The highest BCUT2D eigenvalue weighted by atomic mass is 32.1. The van der Waals surface area contributed by atoms with Gasteiger partial charge in [0.25, 0.3) is 0 Å². The van der Waals surface area contributed by atoms with Gasteiger partial charge in [0, 0.05) is 32.8 Å². The highest BCUT2D eigenvalue weighted by Crippen LogP contribution is 2.32. The van der Waals surface area contributed by atoms with Crippen molar-refractivity contribution in [3.05, 3.63) is 11.8 Å². The molecule has 1 aliphatic heterocycles. The summed E-state index contributed by atoms with van der Waals surface area (Å²) < 4.78 is 44.6. The summed E-state index contributed by atoms with van der Waals surface area (Å²) in [4.78, 5) is 9.70. The molecule has 2 rings (SSSR count). The molecule has 0 saturated carbocycles. The third kappa shape index (κ3) is 5.94. The van der Waals surface area contributed by atoms with E-state index in [0.717, 1.165) is 12.5 Å². The zero-order chi connectivity index (χ0) is 19.3. The molecular weight excluding hydrogens is 367 g/mol. The summed E-state index contributed by atoms with van der Waals surface area (Å²) in [6.45, 7) is 6.34. The van der Waals surface area contributed by atoms with Crippen LogP contribution in [-0.2, 0) is 10.9 Å². The fourth-order valence-electron chi connectivity index (χ4n) is 3.06. The Kier molecular flexibility index (Phi) is 6.99. The Bertz CT molecular complexity index is 618. The van der Waals surface area contributed by atoms with Gasteiger partial charge >= 0.3 is 6.18 Å². The number of piperidine rings is 1. The average Bonchev–Trinajstić information content (AvgIpc) is 2.53. The van der Waals surface area contributed by atoms with Crippen LogP contribution in [-0.4, -0.2) is 48.4 Å². The topological polar surface area (TPSA) is 62.3 Å². The molecule has 0 amide bonds. The quantitative estimate of drug-likeness (QED) is 0.591. The van der Waals surface area contributed by atoms with Gasteiger partial charge in [-0.2, -0.15) is 18.2 Å². The van der Waals surface area contributed by atoms with E-state index in [1.807, 2.05) is 4.90 Å². The average molecular weight is 391 g/mol. The van der Waals surface area contributed by atoms with E-state index in [0.29, 0.717) is 38.1 Å². The van der Waals surface area contributed by atoms with Crippen molar-refractivity contribution in [2.45, 2.75) is 26.4 Å². The molecule has 0 bridgehead atoms. The predicted molar refractivity (Wildman–Crippen MR) is 98.3 cm³/mol. The Morgan fingerprint density at radius 3 is 2.54 bits per heavy atom. The normalized spacial score (nSPS) is 20.8. The largest absolute Gasteiger partial charge is 0.433 e. The first-order valence-electron chi connectivity index (χ1n) is 8.44.